The van der Waals surface area contributed by atoms with Gasteiger partial charge in [0.25, 0.3) is 0 Å². The van der Waals surface area contributed by atoms with Crippen molar-refractivity contribution in [1.82, 2.24) is 4.57 Å². The van der Waals surface area contributed by atoms with Gasteiger partial charge < -0.3 is 43.2 Å². The second-order valence-electron chi connectivity index (χ2n) is 15.1. The predicted octanol–water partition coefficient (Wildman–Crippen LogP) is 9.54. The smallest absolute Gasteiger partial charge is 0.418 e. The largest absolute Gasteiger partial charge is 0.477 e. The predicted molar refractivity (Wildman–Crippen MR) is 253 cm³/mol. The average molecular weight is 898 g/mol. The van der Waals surface area contributed by atoms with Gasteiger partial charge in [0.1, 0.15) is 18.4 Å². The van der Waals surface area contributed by atoms with Crippen LogP contribution in [0.3, 0.4) is 0 Å². The van der Waals surface area contributed by atoms with E-state index in [1.165, 1.54) is 18.3 Å². The molecule has 1 aromatic heterocycles. The van der Waals surface area contributed by atoms with E-state index < -0.39 is 32.4 Å². The quantitative estimate of drug-likeness (QED) is 0.127. The van der Waals surface area contributed by atoms with Crippen LogP contribution >= 0.6 is 20.3 Å². The first-order chi connectivity index (χ1) is 28.3. The second kappa shape index (κ2) is 36.1. The zero-order chi connectivity index (χ0) is 46.9. The fourth-order valence-electron chi connectivity index (χ4n) is 5.92. The number of methoxy groups -OCH3 is 3. The number of ether oxygens (including phenoxy) is 6. The van der Waals surface area contributed by atoms with Crippen LogP contribution in [0.25, 0.3) is 0 Å². The van der Waals surface area contributed by atoms with Gasteiger partial charge in [-0.2, -0.15) is 0 Å². The third-order valence-electron chi connectivity index (χ3n) is 9.36. The normalized spacial score (nSPS) is 23.0. The zero-order valence-electron chi connectivity index (χ0n) is 40.2. The highest BCUT2D eigenvalue weighted by Crippen LogP contribution is 2.41. The van der Waals surface area contributed by atoms with Crippen molar-refractivity contribution in [2.45, 2.75) is 118 Å². The Labute approximate surface area is 367 Å². The molecule has 4 atom stereocenters. The number of carbonyl (C=O) groups excluding carboxylic acids is 2. The van der Waals surface area contributed by atoms with Gasteiger partial charge in [0.15, 0.2) is 0 Å². The van der Waals surface area contributed by atoms with Crippen LogP contribution < -0.4 is 0 Å². The molecule has 1 aliphatic carbocycles. The van der Waals surface area contributed by atoms with Crippen LogP contribution in [-0.2, 0) is 33.2 Å². The molecular weight excluding hydrogens is 811 g/mol. The average Bonchev–Trinajstić information content (AvgIpc) is 3.72. The highest BCUT2D eigenvalue weighted by Gasteiger charge is 2.33. The fourth-order valence-corrected chi connectivity index (χ4v) is 7.73. The number of esters is 1. The maximum Gasteiger partial charge on any atom is 0.418 e. The van der Waals surface area contributed by atoms with Crippen LogP contribution in [-0.4, -0.2) is 152 Å². The third kappa shape index (κ3) is 28.3. The first-order valence-electron chi connectivity index (χ1n) is 21.1. The highest BCUT2D eigenvalue weighted by molar-refractivity contribution is 8.32. The summed E-state index contributed by atoms with van der Waals surface area (Å²) in [5, 5.41) is 18.6. The van der Waals surface area contributed by atoms with Gasteiger partial charge >= 0.3 is 18.0 Å². The number of aliphatic hydroxyl groups is 1. The fraction of sp³-hybridized carbons (Fsp3) is 0.756. The summed E-state index contributed by atoms with van der Waals surface area (Å²) in [6.45, 7) is 17.2. The Morgan fingerprint density at radius 3 is 1.92 bits per heavy atom. The Morgan fingerprint density at radius 1 is 0.950 bits per heavy atom. The van der Waals surface area contributed by atoms with Crippen molar-refractivity contribution in [3.63, 3.8) is 0 Å². The number of aromatic nitrogens is 1. The summed E-state index contributed by atoms with van der Waals surface area (Å²) in [6, 6.07) is 2.86. The summed E-state index contributed by atoms with van der Waals surface area (Å²) in [5.74, 6) is 2.42. The molecule has 0 spiro atoms. The lowest BCUT2D eigenvalue weighted by atomic mass is 9.89. The number of aromatic carboxylic acids is 1. The molecule has 1 aromatic rings. The molecule has 0 amide bonds. The van der Waals surface area contributed by atoms with E-state index in [1.54, 1.807) is 35.5 Å². The van der Waals surface area contributed by atoms with E-state index in [2.05, 4.69) is 75.0 Å². The monoisotopic (exact) mass is 898 g/mol. The zero-order valence-corrected chi connectivity index (χ0v) is 41.8. The standard InChI is InChI=1S/C22H36O5.C11H17NO4S.C6H16OS.2C2H6O.C2H6/c1-5-6-17-14-21(24)27-20(11-12-25-4)15(2)13-16(3)22(17)26-19-9-7-18(23)8-10-19;1-17(2,3)8-7-16-11(15)12-6-4-5-9(12)10(13)14;1-4-8(7,5-2)6-3;2*1-3-2;1-2/h5-6,13,15,17-20,22-23H,7-12,14H2,1-4H3;4-6H,7-8H2,1-3H3,(H,13,14);7H,4-6H2,1-3H3;2*1-2H3;1-2H3/b6-5-,16-13+;;;;;/t15-,17-,18?,19?,20-,22?;;;;;/m1...../s1. The Bertz CT molecular complexity index is 1290. The van der Waals surface area contributed by atoms with E-state index in [0.29, 0.717) is 26.1 Å². The number of aliphatic hydroxyl groups excluding tert-OH is 1. The maximum atomic E-state index is 12.6. The van der Waals surface area contributed by atoms with Gasteiger partial charge in [0.2, 0.25) is 0 Å². The lowest BCUT2D eigenvalue weighted by Crippen LogP contribution is -2.33. The van der Waals surface area contributed by atoms with Crippen molar-refractivity contribution in [3.05, 3.63) is 47.8 Å². The van der Waals surface area contributed by atoms with Crippen LogP contribution in [0.2, 0.25) is 0 Å². The number of carbonyl (C=O) groups is 3. The van der Waals surface area contributed by atoms with E-state index in [1.807, 2.05) is 26.8 Å². The van der Waals surface area contributed by atoms with Gasteiger partial charge in [0, 0.05) is 72.4 Å². The highest BCUT2D eigenvalue weighted by atomic mass is 32.3. The molecule has 0 radical (unpaired) electrons. The summed E-state index contributed by atoms with van der Waals surface area (Å²) in [5.41, 5.74) is 1.07. The van der Waals surface area contributed by atoms with Crippen molar-refractivity contribution >= 4 is 38.4 Å². The SMILES string of the molecule is C/C=C\[C@@H]1CC(=O)O[C@H](CCOC)[C@H](C)/C=C(\C)C1OC1CCC(O)CC1.CC.CCS(O)(CC)CC.COC.COC.CS(C)(C)CCOC(=O)n1cccc1C(=O)O. The molecule has 1 aliphatic heterocycles. The molecule has 2 heterocycles. The molecule has 0 saturated heterocycles. The van der Waals surface area contributed by atoms with Gasteiger partial charge in [-0.1, -0.05) is 59.8 Å². The lowest BCUT2D eigenvalue weighted by molar-refractivity contribution is -0.153. The third-order valence-corrected chi connectivity index (χ3v) is 14.0. The summed E-state index contributed by atoms with van der Waals surface area (Å²) in [6.07, 6.45) is 17.2. The first kappa shape index (κ1) is 61.9. The number of nitrogens with zero attached hydrogens (tertiary/aromatic N) is 1. The van der Waals surface area contributed by atoms with E-state index >= 15 is 0 Å². The Kier molecular flexibility index (Phi) is 37.3. The molecule has 15 heteroatoms. The van der Waals surface area contributed by atoms with Crippen molar-refractivity contribution < 1.29 is 57.6 Å². The van der Waals surface area contributed by atoms with Crippen LogP contribution in [0.15, 0.2) is 42.1 Å². The topological polar surface area (TPSA) is 172 Å². The maximum absolute atomic E-state index is 12.6. The number of cyclic esters (lactones) is 1. The summed E-state index contributed by atoms with van der Waals surface area (Å²) in [4.78, 5) is 35.0. The van der Waals surface area contributed by atoms with Crippen molar-refractivity contribution in [1.29, 1.82) is 0 Å². The molecule has 2 aliphatic rings. The van der Waals surface area contributed by atoms with Gasteiger partial charge in [0.05, 0.1) is 24.7 Å². The number of hydrogen-bond acceptors (Lipinski definition) is 11. The molecule has 3 N–H and O–H groups in total. The number of allylic oxidation sites excluding steroid dienone is 1. The minimum absolute atomic E-state index is 0.0426. The molecule has 356 valence electrons. The van der Waals surface area contributed by atoms with Gasteiger partial charge in [-0.05, 0) is 93.3 Å². The number of carboxylic acid groups (broad SMARTS) is 1. The first-order valence-corrected chi connectivity index (χ1v) is 26.2. The molecule has 3 rings (SSSR count). The Balaban J connectivity index is -0.000000836. The molecule has 0 bridgehead atoms. The minimum atomic E-state index is -1.15. The molecule has 1 saturated carbocycles. The van der Waals surface area contributed by atoms with Crippen molar-refractivity contribution in [2.75, 3.05) is 90.5 Å². The number of hydrogen-bond donors (Lipinski definition) is 3. The summed E-state index contributed by atoms with van der Waals surface area (Å²) in [7, 11) is 6.29. The van der Waals surface area contributed by atoms with Crippen molar-refractivity contribution in [3.8, 4) is 0 Å². The van der Waals surface area contributed by atoms with E-state index in [4.69, 9.17) is 24.1 Å². The Morgan fingerprint density at radius 2 is 1.48 bits per heavy atom. The van der Waals surface area contributed by atoms with E-state index in [0.717, 1.165) is 58.8 Å². The van der Waals surface area contributed by atoms with Crippen LogP contribution in [0.4, 0.5) is 4.79 Å². The van der Waals surface area contributed by atoms with Gasteiger partial charge in [-0.3, -0.25) is 4.79 Å². The van der Waals surface area contributed by atoms with Crippen molar-refractivity contribution in [2.24, 2.45) is 11.8 Å². The van der Waals surface area contributed by atoms with E-state index in [9.17, 15) is 24.0 Å². The van der Waals surface area contributed by atoms with Crippen LogP contribution in [0, 0.1) is 11.8 Å². The van der Waals surface area contributed by atoms with E-state index in [-0.39, 0.29) is 47.9 Å². The van der Waals surface area contributed by atoms with Crippen LogP contribution in [0.5, 0.6) is 0 Å². The molecule has 0 aromatic carbocycles. The molecule has 1 unspecified atom stereocenters. The van der Waals surface area contributed by atoms with Gasteiger partial charge in [-0.15, -0.1) is 10.3 Å². The molecule has 1 fully saturated rings. The van der Waals surface area contributed by atoms with Crippen LogP contribution in [0.1, 0.15) is 104 Å². The Hall–Kier alpha value is -2.37. The summed E-state index contributed by atoms with van der Waals surface area (Å²) < 4.78 is 41.5. The summed E-state index contributed by atoms with van der Waals surface area (Å²) >= 11 is 0. The second-order valence-corrected chi connectivity index (χ2v) is 23.4. The molecule has 13 nitrogen and oxygen atoms in total. The lowest BCUT2D eigenvalue weighted by Gasteiger charge is -2.33. The number of rotatable bonds is 13. The molecule has 60 heavy (non-hydrogen) atoms. The molecular formula is C45H87NO12S2. The number of carboxylic acids is 1. The minimum Gasteiger partial charge on any atom is -0.477 e. The van der Waals surface area contributed by atoms with Gasteiger partial charge in [-0.25, -0.2) is 24.2 Å².